The Labute approximate surface area is 73.9 Å². The monoisotopic (exact) mass is 168 g/mol. The highest BCUT2D eigenvalue weighted by Gasteiger charge is 2.31. The number of aliphatic hydroxyl groups excluding tert-OH is 1. The second-order valence-corrected chi connectivity index (χ2v) is 3.39. The van der Waals surface area contributed by atoms with E-state index in [0.717, 1.165) is 25.7 Å². The lowest BCUT2D eigenvalue weighted by Crippen LogP contribution is -2.39. The lowest BCUT2D eigenvalue weighted by molar-refractivity contribution is -0.0884. The van der Waals surface area contributed by atoms with E-state index in [4.69, 9.17) is 11.2 Å². The number of terminal acetylenes is 1. The van der Waals surface area contributed by atoms with E-state index in [9.17, 15) is 5.11 Å². The van der Waals surface area contributed by atoms with Gasteiger partial charge in [0.1, 0.15) is 6.61 Å². The number of hydrogen-bond donors (Lipinski definition) is 1. The van der Waals surface area contributed by atoms with E-state index in [-0.39, 0.29) is 12.2 Å². The number of aliphatic hydroxyl groups is 1. The summed E-state index contributed by atoms with van der Waals surface area (Å²) in [6.07, 6.45) is 10.5. The van der Waals surface area contributed by atoms with Crippen molar-refractivity contribution < 1.29 is 9.84 Å². The summed E-state index contributed by atoms with van der Waals surface area (Å²) < 4.78 is 5.48. The smallest absolute Gasteiger partial charge is 0.108 e. The van der Waals surface area contributed by atoms with E-state index in [1.54, 1.807) is 0 Å². The van der Waals surface area contributed by atoms with Crippen LogP contribution in [0.2, 0.25) is 0 Å². The largest absolute Gasteiger partial charge is 0.393 e. The number of rotatable bonds is 3. The van der Waals surface area contributed by atoms with Gasteiger partial charge in [-0.2, -0.15) is 0 Å². The lowest BCUT2D eigenvalue weighted by Gasteiger charge is -2.34. The van der Waals surface area contributed by atoms with Crippen LogP contribution in [0.15, 0.2) is 0 Å². The summed E-state index contributed by atoms with van der Waals surface area (Å²) in [5.41, 5.74) is -0.315. The SMILES string of the molecule is C#CCOC1(CO)CCCCC1. The topological polar surface area (TPSA) is 29.5 Å². The third-order valence-electron chi connectivity index (χ3n) is 2.51. The summed E-state index contributed by atoms with van der Waals surface area (Å²) in [4.78, 5) is 0. The first-order valence-electron chi connectivity index (χ1n) is 4.51. The quantitative estimate of drug-likeness (QED) is 0.644. The molecule has 1 rings (SSSR count). The molecule has 2 nitrogen and oxygen atoms in total. The van der Waals surface area contributed by atoms with Gasteiger partial charge in [0.05, 0.1) is 12.2 Å². The molecule has 68 valence electrons. The van der Waals surface area contributed by atoms with Gasteiger partial charge in [-0.3, -0.25) is 0 Å². The van der Waals surface area contributed by atoms with Gasteiger partial charge in [0.2, 0.25) is 0 Å². The summed E-state index contributed by atoms with van der Waals surface area (Å²) in [6.45, 7) is 0.426. The Balaban J connectivity index is 2.43. The van der Waals surface area contributed by atoms with Crippen LogP contribution in [0.3, 0.4) is 0 Å². The molecule has 0 unspecified atom stereocenters. The molecule has 1 aliphatic rings. The van der Waals surface area contributed by atoms with Crippen molar-refractivity contribution in [3.63, 3.8) is 0 Å². The number of ether oxygens (including phenoxy) is 1. The summed E-state index contributed by atoms with van der Waals surface area (Å²) in [5.74, 6) is 2.44. The van der Waals surface area contributed by atoms with E-state index in [0.29, 0.717) is 6.61 Å². The van der Waals surface area contributed by atoms with E-state index in [1.165, 1.54) is 6.42 Å². The van der Waals surface area contributed by atoms with E-state index < -0.39 is 0 Å². The second kappa shape index (κ2) is 4.49. The molecule has 0 aromatic rings. The Morgan fingerprint density at radius 1 is 1.33 bits per heavy atom. The zero-order valence-electron chi connectivity index (χ0n) is 7.38. The average molecular weight is 168 g/mol. The van der Waals surface area contributed by atoms with Gasteiger partial charge < -0.3 is 9.84 Å². The van der Waals surface area contributed by atoms with Gasteiger partial charge in [0.15, 0.2) is 0 Å². The van der Waals surface area contributed by atoms with Gasteiger partial charge in [-0.05, 0) is 12.8 Å². The Hall–Kier alpha value is -0.520. The third kappa shape index (κ3) is 2.23. The van der Waals surface area contributed by atoms with Gasteiger partial charge >= 0.3 is 0 Å². The fraction of sp³-hybridized carbons (Fsp3) is 0.800. The minimum atomic E-state index is -0.315. The normalized spacial score (nSPS) is 21.7. The van der Waals surface area contributed by atoms with Crippen LogP contribution >= 0.6 is 0 Å². The fourth-order valence-electron chi connectivity index (χ4n) is 1.74. The van der Waals surface area contributed by atoms with Crippen molar-refractivity contribution in [1.29, 1.82) is 0 Å². The zero-order valence-corrected chi connectivity index (χ0v) is 7.38. The lowest BCUT2D eigenvalue weighted by atomic mass is 9.85. The predicted molar refractivity (Wildman–Crippen MR) is 47.7 cm³/mol. The summed E-state index contributed by atoms with van der Waals surface area (Å²) >= 11 is 0. The van der Waals surface area contributed by atoms with E-state index >= 15 is 0 Å². The molecule has 0 aromatic heterocycles. The van der Waals surface area contributed by atoms with Crippen molar-refractivity contribution in [2.24, 2.45) is 0 Å². The van der Waals surface area contributed by atoms with Gasteiger partial charge in [-0.1, -0.05) is 25.2 Å². The Bertz CT molecular complexity index is 163. The summed E-state index contributed by atoms with van der Waals surface area (Å²) in [6, 6.07) is 0. The predicted octanol–water partition coefficient (Wildman–Crippen LogP) is 1.33. The van der Waals surface area contributed by atoms with Crippen molar-refractivity contribution in [2.75, 3.05) is 13.2 Å². The molecule has 0 atom stereocenters. The van der Waals surface area contributed by atoms with Gasteiger partial charge in [0.25, 0.3) is 0 Å². The maximum atomic E-state index is 9.17. The highest BCUT2D eigenvalue weighted by Crippen LogP contribution is 2.30. The second-order valence-electron chi connectivity index (χ2n) is 3.39. The van der Waals surface area contributed by atoms with Gasteiger partial charge in [-0.25, -0.2) is 0 Å². The highest BCUT2D eigenvalue weighted by atomic mass is 16.5. The van der Waals surface area contributed by atoms with Crippen LogP contribution in [-0.4, -0.2) is 23.9 Å². The van der Waals surface area contributed by atoms with Crippen LogP contribution in [0.25, 0.3) is 0 Å². The molecule has 0 aliphatic heterocycles. The molecule has 0 spiro atoms. The van der Waals surface area contributed by atoms with E-state index in [1.807, 2.05) is 0 Å². The van der Waals surface area contributed by atoms with Crippen molar-refractivity contribution in [3.05, 3.63) is 0 Å². The van der Waals surface area contributed by atoms with Gasteiger partial charge in [0, 0.05) is 0 Å². The standard InChI is InChI=1S/C10H16O2/c1-2-8-12-10(9-11)6-4-3-5-7-10/h1,11H,3-9H2. The molecule has 0 aromatic carbocycles. The Morgan fingerprint density at radius 2 is 2.00 bits per heavy atom. The van der Waals surface area contributed by atoms with Gasteiger partial charge in [-0.15, -0.1) is 6.42 Å². The van der Waals surface area contributed by atoms with Crippen molar-refractivity contribution >= 4 is 0 Å². The molecule has 0 radical (unpaired) electrons. The molecule has 0 heterocycles. The summed E-state index contributed by atoms with van der Waals surface area (Å²) in [5, 5.41) is 9.17. The zero-order chi connectivity index (χ0) is 8.86. The number of hydrogen-bond acceptors (Lipinski definition) is 2. The molecule has 1 saturated carbocycles. The van der Waals surface area contributed by atoms with Crippen LogP contribution in [0, 0.1) is 12.3 Å². The van der Waals surface area contributed by atoms with Crippen LogP contribution < -0.4 is 0 Å². The molecule has 0 amide bonds. The first-order valence-corrected chi connectivity index (χ1v) is 4.51. The van der Waals surface area contributed by atoms with E-state index in [2.05, 4.69) is 5.92 Å². The van der Waals surface area contributed by atoms with Crippen LogP contribution in [0.1, 0.15) is 32.1 Å². The Morgan fingerprint density at radius 3 is 2.50 bits per heavy atom. The molecule has 12 heavy (non-hydrogen) atoms. The molecule has 0 saturated heterocycles. The van der Waals surface area contributed by atoms with Crippen LogP contribution in [0.4, 0.5) is 0 Å². The first-order chi connectivity index (χ1) is 5.83. The third-order valence-corrected chi connectivity index (χ3v) is 2.51. The first kappa shape index (κ1) is 9.57. The van der Waals surface area contributed by atoms with Crippen molar-refractivity contribution in [2.45, 2.75) is 37.7 Å². The fourth-order valence-corrected chi connectivity index (χ4v) is 1.74. The van der Waals surface area contributed by atoms with Crippen molar-refractivity contribution in [1.82, 2.24) is 0 Å². The molecular weight excluding hydrogens is 152 g/mol. The summed E-state index contributed by atoms with van der Waals surface area (Å²) in [7, 11) is 0. The van der Waals surface area contributed by atoms with Crippen LogP contribution in [0.5, 0.6) is 0 Å². The molecular formula is C10H16O2. The van der Waals surface area contributed by atoms with Crippen molar-refractivity contribution in [3.8, 4) is 12.3 Å². The molecule has 1 fully saturated rings. The minimum Gasteiger partial charge on any atom is -0.393 e. The highest BCUT2D eigenvalue weighted by molar-refractivity contribution is 4.89. The molecule has 0 bridgehead atoms. The molecule has 1 aliphatic carbocycles. The minimum absolute atomic E-state index is 0.106. The molecule has 2 heteroatoms. The van der Waals surface area contributed by atoms with Crippen LogP contribution in [-0.2, 0) is 4.74 Å². The average Bonchev–Trinajstić information content (AvgIpc) is 2.16. The molecule has 1 N–H and O–H groups in total. The Kier molecular flexibility index (Phi) is 3.58. The maximum absolute atomic E-state index is 9.17. The maximum Gasteiger partial charge on any atom is 0.108 e.